The highest BCUT2D eigenvalue weighted by molar-refractivity contribution is 6.32. The summed E-state index contributed by atoms with van der Waals surface area (Å²) in [5.74, 6) is -0.0214. The van der Waals surface area contributed by atoms with Gasteiger partial charge in [-0.1, -0.05) is 23.7 Å². The third-order valence-corrected chi connectivity index (χ3v) is 2.49. The fourth-order valence-electron chi connectivity index (χ4n) is 1.48. The molecule has 3 N–H and O–H groups in total. The van der Waals surface area contributed by atoms with E-state index in [-0.39, 0.29) is 23.7 Å². The molecule has 100 valence electrons. The van der Waals surface area contributed by atoms with Crippen molar-refractivity contribution in [1.29, 1.82) is 0 Å². The molecule has 0 radical (unpaired) electrons. The molecule has 18 heavy (non-hydrogen) atoms. The SMILES string of the molecule is CC(C)(C)NC(=O)CNCc1cccc(Cl)c1O. The molecule has 1 aromatic rings. The van der Waals surface area contributed by atoms with Gasteiger partial charge in [-0.15, -0.1) is 0 Å². The Morgan fingerprint density at radius 3 is 2.67 bits per heavy atom. The van der Waals surface area contributed by atoms with E-state index in [1.54, 1.807) is 18.2 Å². The lowest BCUT2D eigenvalue weighted by Crippen LogP contribution is -2.44. The van der Waals surface area contributed by atoms with E-state index in [1.807, 2.05) is 20.8 Å². The molecule has 0 atom stereocenters. The molecular formula is C13H19ClN2O2. The van der Waals surface area contributed by atoms with Gasteiger partial charge in [-0.3, -0.25) is 4.79 Å². The van der Waals surface area contributed by atoms with Crippen LogP contribution >= 0.6 is 11.6 Å². The monoisotopic (exact) mass is 270 g/mol. The first kappa shape index (κ1) is 14.8. The number of amides is 1. The smallest absolute Gasteiger partial charge is 0.234 e. The first-order valence-electron chi connectivity index (χ1n) is 5.77. The minimum absolute atomic E-state index is 0.0582. The molecule has 0 aliphatic heterocycles. The maximum atomic E-state index is 11.5. The molecule has 0 aromatic heterocycles. The van der Waals surface area contributed by atoms with Crippen molar-refractivity contribution in [2.45, 2.75) is 32.9 Å². The zero-order valence-corrected chi connectivity index (χ0v) is 11.6. The Labute approximate surface area is 112 Å². The third-order valence-electron chi connectivity index (χ3n) is 2.19. The molecule has 1 aromatic carbocycles. The Morgan fingerprint density at radius 2 is 2.06 bits per heavy atom. The normalized spacial score (nSPS) is 11.3. The van der Waals surface area contributed by atoms with Crippen LogP contribution in [0.3, 0.4) is 0 Å². The summed E-state index contributed by atoms with van der Waals surface area (Å²) in [4.78, 5) is 11.5. The van der Waals surface area contributed by atoms with Gasteiger partial charge in [0.05, 0.1) is 11.6 Å². The topological polar surface area (TPSA) is 61.4 Å². The van der Waals surface area contributed by atoms with Crippen molar-refractivity contribution < 1.29 is 9.90 Å². The zero-order chi connectivity index (χ0) is 13.8. The predicted octanol–water partition coefficient (Wildman–Crippen LogP) is 2.05. The number of nitrogens with one attached hydrogen (secondary N) is 2. The van der Waals surface area contributed by atoms with Crippen LogP contribution in [-0.2, 0) is 11.3 Å². The number of hydrogen-bond donors (Lipinski definition) is 3. The Morgan fingerprint density at radius 1 is 1.39 bits per heavy atom. The molecule has 0 spiro atoms. The molecule has 0 fully saturated rings. The second-order valence-electron chi connectivity index (χ2n) is 5.15. The summed E-state index contributed by atoms with van der Waals surface area (Å²) >= 11 is 5.79. The molecular weight excluding hydrogens is 252 g/mol. The largest absolute Gasteiger partial charge is 0.506 e. The van der Waals surface area contributed by atoms with Gasteiger partial charge >= 0.3 is 0 Å². The lowest BCUT2D eigenvalue weighted by Gasteiger charge is -2.20. The van der Waals surface area contributed by atoms with Gasteiger partial charge in [-0.2, -0.15) is 0 Å². The average molecular weight is 271 g/mol. The Bertz CT molecular complexity index is 427. The van der Waals surface area contributed by atoms with Gasteiger partial charge in [0.1, 0.15) is 5.75 Å². The fourth-order valence-corrected chi connectivity index (χ4v) is 1.67. The van der Waals surface area contributed by atoms with E-state index < -0.39 is 0 Å². The van der Waals surface area contributed by atoms with Gasteiger partial charge in [0.15, 0.2) is 0 Å². The number of phenols is 1. The number of para-hydroxylation sites is 1. The Kier molecular flexibility index (Phi) is 4.99. The lowest BCUT2D eigenvalue weighted by molar-refractivity contribution is -0.121. The van der Waals surface area contributed by atoms with E-state index in [0.29, 0.717) is 17.1 Å². The minimum Gasteiger partial charge on any atom is -0.506 e. The maximum absolute atomic E-state index is 11.5. The van der Waals surface area contributed by atoms with Crippen LogP contribution in [0.25, 0.3) is 0 Å². The van der Waals surface area contributed by atoms with E-state index in [2.05, 4.69) is 10.6 Å². The van der Waals surface area contributed by atoms with Gasteiger partial charge in [0, 0.05) is 17.6 Å². The molecule has 0 bridgehead atoms. The summed E-state index contributed by atoms with van der Waals surface area (Å²) in [6.07, 6.45) is 0. The van der Waals surface area contributed by atoms with Gasteiger partial charge in [0.2, 0.25) is 5.91 Å². The van der Waals surface area contributed by atoms with Crippen molar-refractivity contribution >= 4 is 17.5 Å². The number of rotatable bonds is 4. The van der Waals surface area contributed by atoms with E-state index in [0.717, 1.165) is 0 Å². The van der Waals surface area contributed by atoms with Crippen LogP contribution < -0.4 is 10.6 Å². The summed E-state index contributed by atoms with van der Waals surface area (Å²) in [6.45, 7) is 6.36. The van der Waals surface area contributed by atoms with Gasteiger partial charge in [-0.25, -0.2) is 0 Å². The van der Waals surface area contributed by atoms with E-state index in [4.69, 9.17) is 11.6 Å². The van der Waals surface area contributed by atoms with E-state index in [1.165, 1.54) is 0 Å². The quantitative estimate of drug-likeness (QED) is 0.785. The van der Waals surface area contributed by atoms with Crippen molar-refractivity contribution in [3.63, 3.8) is 0 Å². The first-order valence-corrected chi connectivity index (χ1v) is 6.15. The van der Waals surface area contributed by atoms with Crippen LogP contribution in [0.4, 0.5) is 0 Å². The molecule has 4 nitrogen and oxygen atoms in total. The molecule has 0 heterocycles. The van der Waals surface area contributed by atoms with Gasteiger partial charge in [-0.05, 0) is 26.8 Å². The van der Waals surface area contributed by atoms with Crippen molar-refractivity contribution in [2.24, 2.45) is 0 Å². The summed E-state index contributed by atoms with van der Waals surface area (Å²) in [6, 6.07) is 5.14. The molecule has 0 saturated heterocycles. The molecule has 1 amide bonds. The van der Waals surface area contributed by atoms with Gasteiger partial charge in [0.25, 0.3) is 0 Å². The lowest BCUT2D eigenvalue weighted by atomic mass is 10.1. The summed E-state index contributed by atoms with van der Waals surface area (Å²) in [5.41, 5.74) is 0.433. The fraction of sp³-hybridized carbons (Fsp3) is 0.462. The van der Waals surface area contributed by atoms with Crippen LogP contribution in [0.5, 0.6) is 5.75 Å². The summed E-state index contributed by atoms with van der Waals surface area (Å²) in [5, 5.41) is 15.8. The highest BCUT2D eigenvalue weighted by Crippen LogP contribution is 2.26. The summed E-state index contributed by atoms with van der Waals surface area (Å²) < 4.78 is 0. The minimum atomic E-state index is -0.239. The van der Waals surface area contributed by atoms with Crippen molar-refractivity contribution in [2.75, 3.05) is 6.54 Å². The molecule has 5 heteroatoms. The predicted molar refractivity (Wildman–Crippen MR) is 72.7 cm³/mol. The third kappa shape index (κ3) is 4.94. The number of carbonyl (C=O) groups is 1. The van der Waals surface area contributed by atoms with Gasteiger partial charge < -0.3 is 15.7 Å². The van der Waals surface area contributed by atoms with Crippen molar-refractivity contribution in [1.82, 2.24) is 10.6 Å². The van der Waals surface area contributed by atoms with E-state index >= 15 is 0 Å². The summed E-state index contributed by atoms with van der Waals surface area (Å²) in [7, 11) is 0. The first-order chi connectivity index (χ1) is 8.29. The Hall–Kier alpha value is -1.26. The van der Waals surface area contributed by atoms with Crippen LogP contribution in [0.2, 0.25) is 5.02 Å². The highest BCUT2D eigenvalue weighted by Gasteiger charge is 2.13. The number of aromatic hydroxyl groups is 1. The molecule has 0 aliphatic rings. The van der Waals surface area contributed by atoms with E-state index in [9.17, 15) is 9.90 Å². The van der Waals surface area contributed by atoms with Crippen molar-refractivity contribution in [3.05, 3.63) is 28.8 Å². The van der Waals surface area contributed by atoms with Crippen LogP contribution in [0.1, 0.15) is 26.3 Å². The number of benzene rings is 1. The maximum Gasteiger partial charge on any atom is 0.234 e. The van der Waals surface area contributed by atoms with Crippen LogP contribution in [0.15, 0.2) is 18.2 Å². The second-order valence-corrected chi connectivity index (χ2v) is 5.56. The number of hydrogen-bond acceptors (Lipinski definition) is 3. The zero-order valence-electron chi connectivity index (χ0n) is 10.9. The second kappa shape index (κ2) is 6.07. The highest BCUT2D eigenvalue weighted by atomic mass is 35.5. The molecule has 0 saturated carbocycles. The molecule has 0 aliphatic carbocycles. The molecule has 0 unspecified atom stereocenters. The van der Waals surface area contributed by atoms with Crippen LogP contribution in [-0.4, -0.2) is 23.1 Å². The average Bonchev–Trinajstić information content (AvgIpc) is 2.21. The number of carbonyl (C=O) groups excluding carboxylic acids is 1. The number of halogens is 1. The molecule has 1 rings (SSSR count). The standard InChI is InChI=1S/C13H19ClN2O2/c1-13(2,3)16-11(17)8-15-7-9-5-4-6-10(14)12(9)18/h4-6,15,18H,7-8H2,1-3H3,(H,16,17). The van der Waals surface area contributed by atoms with Crippen molar-refractivity contribution in [3.8, 4) is 5.75 Å². The van der Waals surface area contributed by atoms with Crippen LogP contribution in [0, 0.1) is 0 Å². The number of phenolic OH excluding ortho intramolecular Hbond substituents is 1. The Balaban J connectivity index is 2.43.